The van der Waals surface area contributed by atoms with E-state index in [1.54, 1.807) is 6.92 Å². The number of hydrogen-bond acceptors (Lipinski definition) is 3. The van der Waals surface area contributed by atoms with E-state index < -0.39 is 11.9 Å². The maximum atomic E-state index is 10.5. The molecule has 0 aromatic rings. The fourth-order valence-corrected chi connectivity index (χ4v) is 0.634. The minimum Gasteiger partial charge on any atom is -0.386 e. The zero-order valence-corrected chi connectivity index (χ0v) is 5.01. The molecule has 48 valence electrons. The van der Waals surface area contributed by atoms with Gasteiger partial charge in [-0.25, -0.2) is 9.59 Å². The first-order valence-corrected chi connectivity index (χ1v) is 2.70. The van der Waals surface area contributed by atoms with Gasteiger partial charge in [0.2, 0.25) is 0 Å². The Labute approximate surface area is 52.3 Å². The summed E-state index contributed by atoms with van der Waals surface area (Å²) in [7, 11) is 0. The second-order valence-corrected chi connectivity index (χ2v) is 1.73. The van der Waals surface area contributed by atoms with Crippen molar-refractivity contribution in [3.05, 3.63) is 11.6 Å². The molecule has 3 heteroatoms. The number of esters is 2. The summed E-state index contributed by atoms with van der Waals surface area (Å²) in [6, 6.07) is 0. The molecule has 0 aromatic heterocycles. The van der Waals surface area contributed by atoms with Crippen LogP contribution >= 0.6 is 0 Å². The molecule has 0 unspecified atom stereocenters. The van der Waals surface area contributed by atoms with E-state index in [1.165, 1.54) is 6.08 Å². The summed E-state index contributed by atoms with van der Waals surface area (Å²) in [5, 5.41) is 0. The molecule has 0 aliphatic carbocycles. The summed E-state index contributed by atoms with van der Waals surface area (Å²) in [6.07, 6.45) is 1.78. The smallest absolute Gasteiger partial charge is 0.342 e. The zero-order valence-electron chi connectivity index (χ0n) is 5.01. The number of ether oxygens (including phenoxy) is 1. The molecule has 0 atom stereocenters. The van der Waals surface area contributed by atoms with Gasteiger partial charge in [-0.2, -0.15) is 0 Å². The van der Waals surface area contributed by atoms with Crippen LogP contribution in [0.25, 0.3) is 0 Å². The monoisotopic (exact) mass is 126 g/mol. The number of cyclic esters (lactones) is 2. The number of carbonyl (C=O) groups is 2. The predicted octanol–water partition coefficient (Wildman–Crippen LogP) is 0.406. The average molecular weight is 126 g/mol. The van der Waals surface area contributed by atoms with Gasteiger partial charge in [0.1, 0.15) is 0 Å². The third-order valence-corrected chi connectivity index (χ3v) is 1.13. The zero-order chi connectivity index (χ0) is 6.85. The van der Waals surface area contributed by atoms with E-state index in [4.69, 9.17) is 0 Å². The standard InChI is InChI=1S/C6H6O3/c1-2-4-3-5(7)9-6(4)8/h3H,2H2,1H3. The summed E-state index contributed by atoms with van der Waals surface area (Å²) >= 11 is 0. The third kappa shape index (κ3) is 0.988. The van der Waals surface area contributed by atoms with Crippen LogP contribution in [-0.2, 0) is 14.3 Å². The van der Waals surface area contributed by atoms with E-state index in [-0.39, 0.29) is 0 Å². The largest absolute Gasteiger partial charge is 0.386 e. The van der Waals surface area contributed by atoms with E-state index in [0.29, 0.717) is 12.0 Å². The van der Waals surface area contributed by atoms with E-state index >= 15 is 0 Å². The van der Waals surface area contributed by atoms with Gasteiger partial charge in [-0.3, -0.25) is 0 Å². The van der Waals surface area contributed by atoms with Crippen LogP contribution in [0.3, 0.4) is 0 Å². The lowest BCUT2D eigenvalue weighted by atomic mass is 10.2. The first kappa shape index (κ1) is 6.01. The molecule has 0 bridgehead atoms. The number of rotatable bonds is 1. The van der Waals surface area contributed by atoms with Crippen LogP contribution < -0.4 is 0 Å². The molecule has 0 fully saturated rings. The molecule has 0 radical (unpaired) electrons. The van der Waals surface area contributed by atoms with Crippen LogP contribution in [0, 0.1) is 0 Å². The van der Waals surface area contributed by atoms with Crippen molar-refractivity contribution in [1.82, 2.24) is 0 Å². The molecule has 0 aromatic carbocycles. The molecule has 1 rings (SSSR count). The molecular formula is C6H6O3. The predicted molar refractivity (Wildman–Crippen MR) is 29.5 cm³/mol. The topological polar surface area (TPSA) is 43.4 Å². The average Bonchev–Trinajstić information content (AvgIpc) is 2.10. The van der Waals surface area contributed by atoms with Crippen LogP contribution in [0.2, 0.25) is 0 Å². The summed E-state index contributed by atoms with van der Waals surface area (Å²) in [5.41, 5.74) is 0.458. The SMILES string of the molecule is CCC1=CC(=O)OC1=O. The molecule has 3 nitrogen and oxygen atoms in total. The molecular weight excluding hydrogens is 120 g/mol. The highest BCUT2D eigenvalue weighted by molar-refractivity contribution is 6.08. The minimum absolute atomic E-state index is 0.458. The summed E-state index contributed by atoms with van der Waals surface area (Å²) in [4.78, 5) is 20.8. The molecule has 0 N–H and O–H groups in total. The van der Waals surface area contributed by atoms with Crippen molar-refractivity contribution in [2.75, 3.05) is 0 Å². The van der Waals surface area contributed by atoms with Gasteiger partial charge in [-0.15, -0.1) is 0 Å². The molecule has 1 aliphatic rings. The third-order valence-electron chi connectivity index (χ3n) is 1.13. The Balaban J connectivity index is 2.80. The van der Waals surface area contributed by atoms with Crippen molar-refractivity contribution >= 4 is 11.9 Å². The van der Waals surface area contributed by atoms with Crippen molar-refractivity contribution in [1.29, 1.82) is 0 Å². The minimum atomic E-state index is -0.545. The normalized spacial score (nSPS) is 17.7. The molecule has 0 spiro atoms. The Kier molecular flexibility index (Phi) is 1.34. The van der Waals surface area contributed by atoms with Crippen LogP contribution in [0.1, 0.15) is 13.3 Å². The van der Waals surface area contributed by atoms with Gasteiger partial charge < -0.3 is 4.74 Å². The van der Waals surface area contributed by atoms with Crippen LogP contribution in [0.5, 0.6) is 0 Å². The quantitative estimate of drug-likeness (QED) is 0.377. The molecule has 1 heterocycles. The highest BCUT2D eigenvalue weighted by atomic mass is 16.6. The summed E-state index contributed by atoms with van der Waals surface area (Å²) < 4.78 is 4.19. The Morgan fingerprint density at radius 2 is 2.22 bits per heavy atom. The second-order valence-electron chi connectivity index (χ2n) is 1.73. The van der Waals surface area contributed by atoms with Crippen molar-refractivity contribution < 1.29 is 14.3 Å². The first-order chi connectivity index (χ1) is 4.24. The van der Waals surface area contributed by atoms with Gasteiger partial charge in [0.15, 0.2) is 0 Å². The fraction of sp³-hybridized carbons (Fsp3) is 0.333. The van der Waals surface area contributed by atoms with E-state index in [2.05, 4.69) is 4.74 Å². The van der Waals surface area contributed by atoms with E-state index in [9.17, 15) is 9.59 Å². The van der Waals surface area contributed by atoms with Gasteiger partial charge >= 0.3 is 11.9 Å². The molecule has 0 amide bonds. The van der Waals surface area contributed by atoms with Crippen molar-refractivity contribution in [3.8, 4) is 0 Å². The lowest BCUT2D eigenvalue weighted by Crippen LogP contribution is -2.00. The van der Waals surface area contributed by atoms with Gasteiger partial charge in [-0.05, 0) is 6.42 Å². The highest BCUT2D eigenvalue weighted by Crippen LogP contribution is 2.10. The lowest BCUT2D eigenvalue weighted by Gasteiger charge is -1.87. The summed E-state index contributed by atoms with van der Waals surface area (Å²) in [6.45, 7) is 1.80. The fourth-order valence-electron chi connectivity index (χ4n) is 0.634. The van der Waals surface area contributed by atoms with Crippen molar-refractivity contribution in [2.45, 2.75) is 13.3 Å². The van der Waals surface area contributed by atoms with Crippen molar-refractivity contribution in [2.24, 2.45) is 0 Å². The Morgan fingerprint density at radius 1 is 1.56 bits per heavy atom. The van der Waals surface area contributed by atoms with E-state index in [1.807, 2.05) is 0 Å². The maximum Gasteiger partial charge on any atom is 0.342 e. The first-order valence-electron chi connectivity index (χ1n) is 2.70. The maximum absolute atomic E-state index is 10.5. The van der Waals surface area contributed by atoms with Crippen molar-refractivity contribution in [3.63, 3.8) is 0 Å². The van der Waals surface area contributed by atoms with E-state index in [0.717, 1.165) is 0 Å². The molecule has 9 heavy (non-hydrogen) atoms. The Bertz CT molecular complexity index is 190. The van der Waals surface area contributed by atoms with Crippen LogP contribution in [0.4, 0.5) is 0 Å². The second kappa shape index (κ2) is 2.01. The van der Waals surface area contributed by atoms with Crippen LogP contribution in [0.15, 0.2) is 11.6 Å². The molecule has 0 saturated heterocycles. The lowest BCUT2D eigenvalue weighted by molar-refractivity contribution is -0.150. The van der Waals surface area contributed by atoms with Gasteiger partial charge in [-0.1, -0.05) is 6.92 Å². The summed E-state index contributed by atoms with van der Waals surface area (Å²) in [5.74, 6) is -1.04. The van der Waals surface area contributed by atoms with Gasteiger partial charge in [0.25, 0.3) is 0 Å². The molecule has 1 aliphatic heterocycles. The number of hydrogen-bond donors (Lipinski definition) is 0. The van der Waals surface area contributed by atoms with Gasteiger partial charge in [0.05, 0.1) is 0 Å². The number of carbonyl (C=O) groups excluding carboxylic acids is 2. The Morgan fingerprint density at radius 3 is 2.44 bits per heavy atom. The van der Waals surface area contributed by atoms with Crippen LogP contribution in [-0.4, -0.2) is 11.9 Å². The molecule has 0 saturated carbocycles. The highest BCUT2D eigenvalue weighted by Gasteiger charge is 2.20. The Hall–Kier alpha value is -1.12. The van der Waals surface area contributed by atoms with Gasteiger partial charge in [0, 0.05) is 11.6 Å².